The highest BCUT2D eigenvalue weighted by atomic mass is 35.5. The van der Waals surface area contributed by atoms with Crippen molar-refractivity contribution >= 4 is 36.3 Å². The third-order valence-corrected chi connectivity index (χ3v) is 7.43. The molecule has 46 heavy (non-hydrogen) atoms. The third-order valence-electron chi connectivity index (χ3n) is 7.43. The molecule has 3 aromatic carbocycles. The Labute approximate surface area is 274 Å². The number of fused-ring (bicyclic) bond motifs is 3. The van der Waals surface area contributed by atoms with Crippen molar-refractivity contribution in [2.45, 2.75) is 37.3 Å². The summed E-state index contributed by atoms with van der Waals surface area (Å²) >= 11 is 0. The Balaban J connectivity index is 0.00000576. The van der Waals surface area contributed by atoms with E-state index in [1.165, 1.54) is 7.11 Å². The van der Waals surface area contributed by atoms with Gasteiger partial charge in [-0.05, 0) is 52.8 Å². The number of alkyl carbamates (subject to hydrolysis) is 1. The molecule has 1 aliphatic rings. The van der Waals surface area contributed by atoms with Crippen LogP contribution in [0.15, 0.2) is 90.4 Å². The van der Waals surface area contributed by atoms with Gasteiger partial charge in [-0.1, -0.05) is 73.3 Å². The zero-order valence-electron chi connectivity index (χ0n) is 25.6. The number of hydrogen-bond acceptors (Lipinski definition) is 7. The van der Waals surface area contributed by atoms with Gasteiger partial charge in [0.25, 0.3) is 0 Å². The van der Waals surface area contributed by atoms with Gasteiger partial charge in [0.05, 0.1) is 7.11 Å². The summed E-state index contributed by atoms with van der Waals surface area (Å²) in [4.78, 5) is 43.2. The van der Waals surface area contributed by atoms with Gasteiger partial charge in [-0.2, -0.15) is 0 Å². The SMILES string of the molecule is C=CCOc1ccc(C[C@H](NC(=O)[C@H](CCCN=C(N)N)NC(=O)OCC2c3ccccc3-c3ccccc32)C(=O)OC)cc1.Cl. The van der Waals surface area contributed by atoms with Crippen molar-refractivity contribution in [2.24, 2.45) is 16.5 Å². The van der Waals surface area contributed by atoms with E-state index in [0.29, 0.717) is 18.8 Å². The van der Waals surface area contributed by atoms with Gasteiger partial charge in [-0.3, -0.25) is 9.79 Å². The molecule has 0 saturated carbocycles. The highest BCUT2D eigenvalue weighted by Crippen LogP contribution is 2.44. The second-order valence-electron chi connectivity index (χ2n) is 10.5. The summed E-state index contributed by atoms with van der Waals surface area (Å²) < 4.78 is 16.1. The second-order valence-corrected chi connectivity index (χ2v) is 10.5. The van der Waals surface area contributed by atoms with Crippen LogP contribution in [0, 0.1) is 0 Å². The number of ether oxygens (including phenoxy) is 3. The number of nitrogens with one attached hydrogen (secondary N) is 2. The summed E-state index contributed by atoms with van der Waals surface area (Å²) in [6.45, 7) is 4.32. The molecule has 2 atom stereocenters. The number of hydrogen-bond donors (Lipinski definition) is 4. The number of nitrogens with zero attached hydrogens (tertiary/aromatic N) is 1. The Kier molecular flexibility index (Phi) is 13.5. The second kappa shape index (κ2) is 17.5. The fourth-order valence-corrected chi connectivity index (χ4v) is 5.28. The van der Waals surface area contributed by atoms with E-state index < -0.39 is 30.1 Å². The van der Waals surface area contributed by atoms with Gasteiger partial charge in [0, 0.05) is 18.9 Å². The van der Waals surface area contributed by atoms with Crippen LogP contribution in [0.3, 0.4) is 0 Å². The maximum Gasteiger partial charge on any atom is 0.407 e. The summed E-state index contributed by atoms with van der Waals surface area (Å²) in [5.74, 6) is -0.780. The molecule has 2 amide bonds. The van der Waals surface area contributed by atoms with Crippen LogP contribution in [-0.2, 0) is 25.5 Å². The maximum atomic E-state index is 13.5. The van der Waals surface area contributed by atoms with Gasteiger partial charge in [0.15, 0.2) is 5.96 Å². The van der Waals surface area contributed by atoms with Crippen molar-refractivity contribution < 1.29 is 28.6 Å². The lowest BCUT2D eigenvalue weighted by molar-refractivity contribution is -0.145. The fourth-order valence-electron chi connectivity index (χ4n) is 5.28. The van der Waals surface area contributed by atoms with Crippen molar-refractivity contribution in [3.05, 3.63) is 102 Å². The number of carbonyl (C=O) groups is 3. The van der Waals surface area contributed by atoms with Crippen LogP contribution in [0.4, 0.5) is 4.79 Å². The predicted octanol–water partition coefficient (Wildman–Crippen LogP) is 3.83. The van der Waals surface area contributed by atoms with Gasteiger partial charge in [-0.15, -0.1) is 12.4 Å². The van der Waals surface area contributed by atoms with E-state index in [4.69, 9.17) is 25.7 Å². The Morgan fingerprint density at radius 2 is 1.57 bits per heavy atom. The number of carbonyl (C=O) groups excluding carboxylic acids is 3. The van der Waals surface area contributed by atoms with Crippen molar-refractivity contribution in [3.8, 4) is 16.9 Å². The molecule has 1 aliphatic carbocycles. The molecule has 0 aliphatic heterocycles. The zero-order valence-corrected chi connectivity index (χ0v) is 26.5. The van der Waals surface area contributed by atoms with E-state index in [-0.39, 0.29) is 50.3 Å². The molecule has 244 valence electrons. The van der Waals surface area contributed by atoms with Gasteiger partial charge >= 0.3 is 12.1 Å². The molecule has 11 nitrogen and oxygen atoms in total. The van der Waals surface area contributed by atoms with Crippen LogP contribution in [0.25, 0.3) is 11.1 Å². The highest BCUT2D eigenvalue weighted by molar-refractivity contribution is 5.90. The average Bonchev–Trinajstić information content (AvgIpc) is 3.37. The molecule has 4 rings (SSSR count). The number of rotatable bonds is 15. The van der Waals surface area contributed by atoms with Crippen LogP contribution >= 0.6 is 12.4 Å². The summed E-state index contributed by atoms with van der Waals surface area (Å²) in [7, 11) is 1.25. The van der Waals surface area contributed by atoms with Crippen molar-refractivity contribution in [1.82, 2.24) is 10.6 Å². The van der Waals surface area contributed by atoms with E-state index in [1.807, 2.05) is 48.5 Å². The lowest BCUT2D eigenvalue weighted by Crippen LogP contribution is -2.52. The Morgan fingerprint density at radius 3 is 2.15 bits per heavy atom. The first-order valence-corrected chi connectivity index (χ1v) is 14.7. The summed E-state index contributed by atoms with van der Waals surface area (Å²) in [6, 6.07) is 21.1. The number of halogens is 1. The van der Waals surface area contributed by atoms with Crippen LogP contribution in [0.1, 0.15) is 35.4 Å². The molecule has 0 radical (unpaired) electrons. The Hall–Kier alpha value is -5.03. The van der Waals surface area contributed by atoms with Gasteiger partial charge < -0.3 is 36.3 Å². The number of amides is 2. The minimum Gasteiger partial charge on any atom is -0.490 e. The van der Waals surface area contributed by atoms with E-state index in [9.17, 15) is 14.4 Å². The molecule has 3 aromatic rings. The summed E-state index contributed by atoms with van der Waals surface area (Å²) in [5.41, 5.74) is 16.0. The normalized spacial score (nSPS) is 12.6. The minimum absolute atomic E-state index is 0. The van der Waals surface area contributed by atoms with E-state index >= 15 is 0 Å². The predicted molar refractivity (Wildman–Crippen MR) is 179 cm³/mol. The number of aliphatic imine (C=N–C) groups is 1. The van der Waals surface area contributed by atoms with E-state index in [0.717, 1.165) is 27.8 Å². The Morgan fingerprint density at radius 1 is 0.935 bits per heavy atom. The monoisotopic (exact) mass is 649 g/mol. The average molecular weight is 650 g/mol. The lowest BCUT2D eigenvalue weighted by atomic mass is 9.98. The van der Waals surface area contributed by atoms with E-state index in [2.05, 4.69) is 22.2 Å². The lowest BCUT2D eigenvalue weighted by Gasteiger charge is -2.23. The van der Waals surface area contributed by atoms with Crippen LogP contribution in [-0.4, -0.2) is 62.9 Å². The number of nitrogens with two attached hydrogens (primary N) is 2. The van der Waals surface area contributed by atoms with Crippen LogP contribution < -0.4 is 26.8 Å². The molecule has 0 fully saturated rings. The zero-order chi connectivity index (χ0) is 32.2. The number of esters is 1. The van der Waals surface area contributed by atoms with Crippen LogP contribution in [0.2, 0.25) is 0 Å². The standard InChI is InChI=1S/C34H39N5O6.ClH/c1-3-19-44-23-16-14-22(15-17-23)20-30(32(41)43-2)38-31(40)29(13-8-18-37-33(35)36)39-34(42)45-21-28-26-11-6-4-9-24(26)25-10-5-7-12-27(25)28;/h3-7,9-12,14-17,28-30H,1,8,13,18-21H2,2H3,(H,38,40)(H,39,42)(H4,35,36,37);1H/t29-,30-;/m0./s1. The van der Waals surface area contributed by atoms with Gasteiger partial charge in [0.2, 0.25) is 5.91 Å². The van der Waals surface area contributed by atoms with Crippen LogP contribution in [0.5, 0.6) is 5.75 Å². The first kappa shape index (κ1) is 35.4. The smallest absolute Gasteiger partial charge is 0.407 e. The highest BCUT2D eigenvalue weighted by Gasteiger charge is 2.31. The van der Waals surface area contributed by atoms with Gasteiger partial charge in [0.1, 0.15) is 31.0 Å². The first-order valence-electron chi connectivity index (χ1n) is 14.7. The summed E-state index contributed by atoms with van der Waals surface area (Å²) in [6.07, 6.45) is 1.61. The van der Waals surface area contributed by atoms with Crippen molar-refractivity contribution in [3.63, 3.8) is 0 Å². The molecular formula is C34H40ClN5O6. The quantitative estimate of drug-likeness (QED) is 0.0633. The molecule has 0 saturated heterocycles. The van der Waals surface area contributed by atoms with Crippen molar-refractivity contribution in [1.29, 1.82) is 0 Å². The van der Waals surface area contributed by atoms with Crippen molar-refractivity contribution in [2.75, 3.05) is 26.9 Å². The number of guanidine groups is 1. The molecule has 0 heterocycles. The molecule has 0 aromatic heterocycles. The van der Waals surface area contributed by atoms with Gasteiger partial charge in [-0.25, -0.2) is 9.59 Å². The molecule has 0 spiro atoms. The summed E-state index contributed by atoms with van der Waals surface area (Å²) in [5, 5.41) is 5.40. The number of methoxy groups -OCH3 is 1. The minimum atomic E-state index is -1.03. The molecule has 12 heteroatoms. The molecule has 6 N–H and O–H groups in total. The topological polar surface area (TPSA) is 167 Å². The molecular weight excluding hydrogens is 610 g/mol. The third kappa shape index (κ3) is 9.48. The Bertz CT molecular complexity index is 1480. The number of benzene rings is 3. The maximum absolute atomic E-state index is 13.5. The van der Waals surface area contributed by atoms with E-state index in [1.54, 1.807) is 30.3 Å². The largest absolute Gasteiger partial charge is 0.490 e. The first-order chi connectivity index (χ1) is 21.8. The molecule has 0 unspecified atom stereocenters. The molecule has 0 bridgehead atoms. The fraction of sp³-hybridized carbons (Fsp3) is 0.294.